The third-order valence-corrected chi connectivity index (χ3v) is 3.89. The highest BCUT2D eigenvalue weighted by Gasteiger charge is 2.25. The summed E-state index contributed by atoms with van der Waals surface area (Å²) in [5, 5.41) is 3.89. The number of aryl methyl sites for hydroxylation is 1. The fraction of sp³-hybridized carbons (Fsp3) is 0.455. The molecule has 0 radical (unpaired) electrons. The van der Waals surface area contributed by atoms with Gasteiger partial charge in [-0.2, -0.15) is 0 Å². The zero-order chi connectivity index (χ0) is 12.7. The Morgan fingerprint density at radius 3 is 2.83 bits per heavy atom. The van der Waals surface area contributed by atoms with Gasteiger partial charge in [-0.3, -0.25) is 13.9 Å². The van der Waals surface area contributed by atoms with Gasteiger partial charge in [0.05, 0.1) is 17.1 Å². The molecule has 1 aliphatic carbocycles. The lowest BCUT2D eigenvalue weighted by Gasteiger charge is -2.07. The van der Waals surface area contributed by atoms with Crippen molar-refractivity contribution in [1.82, 2.24) is 18.7 Å². The van der Waals surface area contributed by atoms with E-state index >= 15 is 0 Å². The van der Waals surface area contributed by atoms with Gasteiger partial charge in [0.1, 0.15) is 0 Å². The molecular weight excluding hydrogens is 252 g/mol. The van der Waals surface area contributed by atoms with Gasteiger partial charge in [0.15, 0.2) is 0 Å². The average Bonchev–Trinajstić information content (AvgIpc) is 3.09. The summed E-state index contributed by atoms with van der Waals surface area (Å²) < 4.78 is 6.71. The summed E-state index contributed by atoms with van der Waals surface area (Å²) in [6, 6.07) is 1.72. The molecule has 6 nitrogen and oxygen atoms in total. The third-order valence-electron chi connectivity index (χ3n) is 3.08. The Kier molecular flexibility index (Phi) is 2.62. The molecule has 0 aromatic carbocycles. The first-order valence-corrected chi connectivity index (χ1v) is 6.54. The number of hydrogen-bond acceptors (Lipinski definition) is 5. The fourth-order valence-corrected chi connectivity index (χ4v) is 2.47. The molecule has 1 fully saturated rings. The van der Waals surface area contributed by atoms with E-state index in [0.717, 1.165) is 23.4 Å². The topological polar surface area (TPSA) is 69.8 Å². The van der Waals surface area contributed by atoms with Crippen molar-refractivity contribution in [1.29, 1.82) is 0 Å². The minimum atomic E-state index is -0.273. The SMILES string of the molecule is Cc1nnsc1Cn1c(=O)ccn(C2CC2)c1=O. The highest BCUT2D eigenvalue weighted by molar-refractivity contribution is 7.05. The number of rotatable bonds is 3. The summed E-state index contributed by atoms with van der Waals surface area (Å²) in [5.41, 5.74) is 0.260. The zero-order valence-electron chi connectivity index (χ0n) is 9.87. The maximum absolute atomic E-state index is 12.2. The Hall–Kier alpha value is -1.76. The van der Waals surface area contributed by atoms with Crippen molar-refractivity contribution >= 4 is 11.5 Å². The molecule has 0 atom stereocenters. The van der Waals surface area contributed by atoms with Crippen molar-refractivity contribution in [3.05, 3.63) is 43.7 Å². The van der Waals surface area contributed by atoms with E-state index in [1.807, 2.05) is 6.92 Å². The van der Waals surface area contributed by atoms with Gasteiger partial charge in [0.25, 0.3) is 5.56 Å². The summed E-state index contributed by atoms with van der Waals surface area (Å²) in [6.07, 6.45) is 3.62. The smallest absolute Gasteiger partial charge is 0.297 e. The van der Waals surface area contributed by atoms with Crippen LogP contribution in [0.2, 0.25) is 0 Å². The van der Waals surface area contributed by atoms with Gasteiger partial charge < -0.3 is 0 Å². The standard InChI is InChI=1S/C11H12N4O2S/c1-7-9(18-13-12-7)6-15-10(16)4-5-14(11(15)17)8-2-3-8/h4-5,8H,2-3,6H2,1H3. The van der Waals surface area contributed by atoms with Crippen LogP contribution in [0.3, 0.4) is 0 Å². The van der Waals surface area contributed by atoms with E-state index in [0.29, 0.717) is 0 Å². The van der Waals surface area contributed by atoms with Crippen LogP contribution in [-0.4, -0.2) is 18.7 Å². The minimum Gasteiger partial charge on any atom is -0.297 e. The molecule has 94 valence electrons. The van der Waals surface area contributed by atoms with Gasteiger partial charge in [0.2, 0.25) is 0 Å². The van der Waals surface area contributed by atoms with Crippen molar-refractivity contribution in [2.75, 3.05) is 0 Å². The van der Waals surface area contributed by atoms with Crippen LogP contribution in [-0.2, 0) is 6.54 Å². The maximum atomic E-state index is 12.2. The Labute approximate surface area is 107 Å². The van der Waals surface area contributed by atoms with Crippen molar-refractivity contribution in [3.8, 4) is 0 Å². The zero-order valence-corrected chi connectivity index (χ0v) is 10.7. The van der Waals surface area contributed by atoms with E-state index in [-0.39, 0.29) is 23.8 Å². The number of aromatic nitrogens is 4. The summed E-state index contributed by atoms with van der Waals surface area (Å²) in [5.74, 6) is 0. The lowest BCUT2D eigenvalue weighted by molar-refractivity contribution is 0.592. The minimum absolute atomic E-state index is 0.238. The monoisotopic (exact) mass is 264 g/mol. The Morgan fingerprint density at radius 2 is 2.22 bits per heavy atom. The molecule has 0 unspecified atom stereocenters. The van der Waals surface area contributed by atoms with Crippen LogP contribution in [0.4, 0.5) is 0 Å². The Morgan fingerprint density at radius 1 is 1.44 bits per heavy atom. The molecule has 0 amide bonds. The second-order valence-corrected chi connectivity index (χ2v) is 5.28. The van der Waals surface area contributed by atoms with E-state index in [4.69, 9.17) is 0 Å². The van der Waals surface area contributed by atoms with E-state index in [1.54, 1.807) is 10.8 Å². The molecule has 18 heavy (non-hydrogen) atoms. The highest BCUT2D eigenvalue weighted by atomic mass is 32.1. The van der Waals surface area contributed by atoms with Crippen molar-refractivity contribution in [2.45, 2.75) is 32.4 Å². The van der Waals surface area contributed by atoms with Gasteiger partial charge in [-0.05, 0) is 31.3 Å². The van der Waals surface area contributed by atoms with Crippen LogP contribution < -0.4 is 11.2 Å². The highest BCUT2D eigenvalue weighted by Crippen LogP contribution is 2.32. The normalized spacial score (nSPS) is 14.9. The van der Waals surface area contributed by atoms with Gasteiger partial charge in [0, 0.05) is 18.3 Å². The summed E-state index contributed by atoms with van der Waals surface area (Å²) in [6.45, 7) is 2.08. The number of hydrogen-bond donors (Lipinski definition) is 0. The molecule has 1 saturated carbocycles. The first-order valence-electron chi connectivity index (χ1n) is 5.76. The molecule has 7 heteroatoms. The first kappa shape index (κ1) is 11.3. The van der Waals surface area contributed by atoms with Crippen LogP contribution in [0.15, 0.2) is 21.9 Å². The molecule has 0 spiro atoms. The van der Waals surface area contributed by atoms with Gasteiger partial charge in [-0.25, -0.2) is 4.79 Å². The molecule has 3 rings (SSSR count). The van der Waals surface area contributed by atoms with Crippen LogP contribution in [0, 0.1) is 6.92 Å². The summed E-state index contributed by atoms with van der Waals surface area (Å²) in [4.78, 5) is 24.8. The molecule has 0 N–H and O–H groups in total. The molecule has 1 aliphatic rings. The average molecular weight is 264 g/mol. The Balaban J connectivity index is 2.06. The van der Waals surface area contributed by atoms with E-state index in [2.05, 4.69) is 9.59 Å². The van der Waals surface area contributed by atoms with Crippen LogP contribution in [0.5, 0.6) is 0 Å². The van der Waals surface area contributed by atoms with Crippen molar-refractivity contribution in [2.24, 2.45) is 0 Å². The van der Waals surface area contributed by atoms with E-state index in [9.17, 15) is 9.59 Å². The molecule has 0 aliphatic heterocycles. The van der Waals surface area contributed by atoms with Gasteiger partial charge in [-0.1, -0.05) is 4.49 Å². The predicted octanol–water partition coefficient (Wildman–Crippen LogP) is 0.553. The lowest BCUT2D eigenvalue weighted by atomic mass is 10.4. The van der Waals surface area contributed by atoms with Crippen molar-refractivity contribution in [3.63, 3.8) is 0 Å². The van der Waals surface area contributed by atoms with Gasteiger partial charge >= 0.3 is 5.69 Å². The molecular formula is C11H12N4O2S. The number of nitrogens with zero attached hydrogens (tertiary/aromatic N) is 4. The summed E-state index contributed by atoms with van der Waals surface area (Å²) in [7, 11) is 0. The maximum Gasteiger partial charge on any atom is 0.331 e. The lowest BCUT2D eigenvalue weighted by Crippen LogP contribution is -2.38. The molecule has 2 heterocycles. The summed E-state index contributed by atoms with van der Waals surface area (Å²) >= 11 is 1.22. The second kappa shape index (κ2) is 4.16. The third kappa shape index (κ3) is 1.90. The van der Waals surface area contributed by atoms with Crippen LogP contribution in [0.1, 0.15) is 29.5 Å². The Bertz CT molecular complexity index is 696. The predicted molar refractivity (Wildman–Crippen MR) is 67.0 cm³/mol. The largest absolute Gasteiger partial charge is 0.331 e. The van der Waals surface area contributed by atoms with Crippen LogP contribution in [0.25, 0.3) is 0 Å². The second-order valence-electron chi connectivity index (χ2n) is 4.44. The molecule has 0 bridgehead atoms. The van der Waals surface area contributed by atoms with E-state index < -0.39 is 0 Å². The van der Waals surface area contributed by atoms with Crippen LogP contribution >= 0.6 is 11.5 Å². The molecule has 2 aromatic heterocycles. The quantitative estimate of drug-likeness (QED) is 0.812. The van der Waals surface area contributed by atoms with Crippen molar-refractivity contribution < 1.29 is 0 Å². The van der Waals surface area contributed by atoms with E-state index in [1.165, 1.54) is 22.2 Å². The van der Waals surface area contributed by atoms with Gasteiger partial charge in [-0.15, -0.1) is 5.10 Å². The fourth-order valence-electron chi connectivity index (χ4n) is 1.85. The molecule has 2 aromatic rings. The first-order chi connectivity index (χ1) is 8.66. The molecule has 0 saturated heterocycles.